The lowest BCUT2D eigenvalue weighted by molar-refractivity contribution is -0.429. The fraction of sp³-hybridized carbons (Fsp3) is 0.135. The van der Waals surface area contributed by atoms with Gasteiger partial charge in [-0.25, -0.2) is 0 Å². The molecule has 0 saturated heterocycles. The molecule has 1 aromatic heterocycles. The van der Waals surface area contributed by atoms with Crippen LogP contribution in [0.25, 0.3) is 22.4 Å². The fourth-order valence-corrected chi connectivity index (χ4v) is 4.75. The second kappa shape index (κ2) is 11.3. The van der Waals surface area contributed by atoms with Gasteiger partial charge in [-0.05, 0) is 76.7 Å². The molecule has 1 aliphatic rings. The van der Waals surface area contributed by atoms with Crippen molar-refractivity contribution in [2.45, 2.75) is 26.2 Å². The maximum Gasteiger partial charge on any atom is 0.495 e. The molecule has 0 bridgehead atoms. The van der Waals surface area contributed by atoms with E-state index in [1.54, 1.807) is 0 Å². The van der Waals surface area contributed by atoms with Crippen LogP contribution in [-0.4, -0.2) is 27.2 Å². The molecule has 0 spiro atoms. The van der Waals surface area contributed by atoms with Gasteiger partial charge >= 0.3 is 6.01 Å². The minimum Gasteiger partial charge on any atom is -0.457 e. The molecule has 5 heteroatoms. The van der Waals surface area contributed by atoms with Crippen LogP contribution in [0.15, 0.2) is 128 Å². The van der Waals surface area contributed by atoms with Crippen molar-refractivity contribution in [3.05, 3.63) is 133 Å². The lowest BCUT2D eigenvalue weighted by atomic mass is 9.86. The summed E-state index contributed by atoms with van der Waals surface area (Å²) in [5.41, 5.74) is 6.10. The monoisotopic (exact) mass is 551 g/mol. The van der Waals surface area contributed by atoms with Gasteiger partial charge in [-0.15, -0.1) is 0 Å². The van der Waals surface area contributed by atoms with E-state index < -0.39 is 0 Å². The summed E-state index contributed by atoms with van der Waals surface area (Å²) in [6.07, 6.45) is 5.81. The zero-order chi connectivity index (χ0) is 29.1. The first-order valence-electron chi connectivity index (χ1n) is 14.0. The van der Waals surface area contributed by atoms with E-state index in [-0.39, 0.29) is 5.41 Å². The molecular weight excluding hydrogens is 518 g/mol. The maximum atomic E-state index is 6.45. The van der Waals surface area contributed by atoms with E-state index in [0.717, 1.165) is 51.1 Å². The molecule has 0 fully saturated rings. The first kappa shape index (κ1) is 26.9. The molecular formula is C37H33N3O2+2. The quantitative estimate of drug-likeness (QED) is 0.189. The van der Waals surface area contributed by atoms with E-state index in [4.69, 9.17) is 9.47 Å². The van der Waals surface area contributed by atoms with Crippen LogP contribution < -0.4 is 9.47 Å². The van der Waals surface area contributed by atoms with E-state index in [1.165, 1.54) is 5.56 Å². The summed E-state index contributed by atoms with van der Waals surface area (Å²) >= 11 is 0. The van der Waals surface area contributed by atoms with Crippen molar-refractivity contribution in [2.75, 3.05) is 7.05 Å². The third-order valence-corrected chi connectivity index (χ3v) is 7.01. The van der Waals surface area contributed by atoms with Gasteiger partial charge in [0.25, 0.3) is 6.20 Å². The highest BCUT2D eigenvalue weighted by molar-refractivity contribution is 5.72. The van der Waals surface area contributed by atoms with Crippen molar-refractivity contribution >= 4 is 11.7 Å². The Bertz CT molecular complexity index is 1860. The Morgan fingerprint density at radius 1 is 0.619 bits per heavy atom. The molecule has 206 valence electrons. The van der Waals surface area contributed by atoms with Crippen molar-refractivity contribution in [2.24, 2.45) is 0 Å². The van der Waals surface area contributed by atoms with Crippen molar-refractivity contribution < 1.29 is 18.6 Å². The van der Waals surface area contributed by atoms with E-state index in [2.05, 4.69) is 62.1 Å². The van der Waals surface area contributed by atoms with Gasteiger partial charge in [-0.3, -0.25) is 4.98 Å². The maximum absolute atomic E-state index is 6.45. The van der Waals surface area contributed by atoms with Crippen LogP contribution in [0.2, 0.25) is 0 Å². The second-order valence-electron chi connectivity index (χ2n) is 11.3. The van der Waals surface area contributed by atoms with Crippen LogP contribution in [0.3, 0.4) is 0 Å². The lowest BCUT2D eigenvalue weighted by Crippen LogP contribution is -2.11. The molecule has 0 saturated carbocycles. The normalized spacial score (nSPS) is 12.6. The van der Waals surface area contributed by atoms with Gasteiger partial charge in [-0.2, -0.15) is 0 Å². The number of ether oxygens (including phenoxy) is 2. The van der Waals surface area contributed by atoms with Crippen molar-refractivity contribution in [3.8, 4) is 45.4 Å². The first-order valence-corrected chi connectivity index (χ1v) is 14.0. The Morgan fingerprint density at radius 2 is 1.29 bits per heavy atom. The van der Waals surface area contributed by atoms with Gasteiger partial charge in [0.1, 0.15) is 23.0 Å². The summed E-state index contributed by atoms with van der Waals surface area (Å²) in [5, 5.41) is 0. The van der Waals surface area contributed by atoms with Crippen molar-refractivity contribution in [1.29, 1.82) is 0 Å². The van der Waals surface area contributed by atoms with Gasteiger partial charge < -0.3 is 9.47 Å². The minimum absolute atomic E-state index is 0.0426. The molecule has 0 amide bonds. The molecule has 0 N–H and O–H groups in total. The largest absolute Gasteiger partial charge is 0.495 e. The molecule has 0 radical (unpaired) electrons. The Hall–Kier alpha value is -5.25. The van der Waals surface area contributed by atoms with Crippen LogP contribution in [0, 0.1) is 0 Å². The number of nitrogens with zero attached hydrogens (tertiary/aromatic N) is 3. The summed E-state index contributed by atoms with van der Waals surface area (Å²) < 4.78 is 16.4. The Balaban J connectivity index is 1.28. The fourth-order valence-electron chi connectivity index (χ4n) is 4.75. The molecule has 2 heterocycles. The van der Waals surface area contributed by atoms with Crippen LogP contribution in [0.1, 0.15) is 26.3 Å². The van der Waals surface area contributed by atoms with Gasteiger partial charge in [0, 0.05) is 17.8 Å². The zero-order valence-electron chi connectivity index (χ0n) is 24.3. The number of aromatic nitrogens is 1. The zero-order valence-corrected chi connectivity index (χ0v) is 24.3. The van der Waals surface area contributed by atoms with Crippen LogP contribution in [0.5, 0.6) is 23.0 Å². The van der Waals surface area contributed by atoms with Crippen molar-refractivity contribution in [1.82, 2.24) is 4.98 Å². The SMILES string of the molecule is C[N+]1=C=[N+](c2cc(Oc3cccc(-c4cc(-c5cccc(Oc6ccccc6)c5)ccn4)c3)cc(C(C)(C)C)c2)C=C1. The van der Waals surface area contributed by atoms with Crippen LogP contribution in [-0.2, 0) is 5.41 Å². The third-order valence-electron chi connectivity index (χ3n) is 7.01. The number of rotatable bonds is 7. The van der Waals surface area contributed by atoms with Crippen LogP contribution in [0.4, 0.5) is 5.69 Å². The summed E-state index contributed by atoms with van der Waals surface area (Å²) in [7, 11) is 1.96. The predicted octanol–water partition coefficient (Wildman–Crippen LogP) is 9.24. The summed E-state index contributed by atoms with van der Waals surface area (Å²) in [5.74, 6) is 3.12. The Kier molecular flexibility index (Phi) is 7.26. The number of pyridine rings is 1. The lowest BCUT2D eigenvalue weighted by Gasteiger charge is -2.20. The average molecular weight is 552 g/mol. The molecule has 0 atom stereocenters. The van der Waals surface area contributed by atoms with E-state index in [0.29, 0.717) is 0 Å². The molecule has 0 aliphatic carbocycles. The second-order valence-corrected chi connectivity index (χ2v) is 11.3. The van der Waals surface area contributed by atoms with Gasteiger partial charge in [0.2, 0.25) is 11.9 Å². The minimum atomic E-state index is -0.0426. The highest BCUT2D eigenvalue weighted by Crippen LogP contribution is 2.35. The van der Waals surface area contributed by atoms with E-state index >= 15 is 0 Å². The molecule has 4 aromatic carbocycles. The molecule has 6 rings (SSSR count). The van der Waals surface area contributed by atoms with Crippen molar-refractivity contribution in [3.63, 3.8) is 0 Å². The average Bonchev–Trinajstić information content (AvgIpc) is 3.44. The van der Waals surface area contributed by atoms with Crippen LogP contribution >= 0.6 is 0 Å². The molecule has 0 unspecified atom stereocenters. The Morgan fingerprint density at radius 3 is 2.00 bits per heavy atom. The van der Waals surface area contributed by atoms with E-state index in [9.17, 15) is 0 Å². The smallest absolute Gasteiger partial charge is 0.457 e. The molecule has 5 aromatic rings. The standard InChI is InChI=1S/C37H33N3O2/c1-37(2,3)30-23-31(40-19-18-39(4)26-40)25-35(24-30)42-34-15-9-11-29(21-34)36-22-28(16-17-38-36)27-10-8-14-33(20-27)41-32-12-6-5-7-13-32/h5-25H,1-4H3/q+2. The number of hydrogen-bond donors (Lipinski definition) is 0. The summed E-state index contributed by atoms with van der Waals surface area (Å²) in [4.78, 5) is 4.68. The highest BCUT2D eigenvalue weighted by Gasteiger charge is 2.23. The van der Waals surface area contributed by atoms with E-state index in [1.807, 2.05) is 114 Å². The van der Waals surface area contributed by atoms with Gasteiger partial charge in [0.15, 0.2) is 7.05 Å². The predicted molar refractivity (Wildman–Crippen MR) is 167 cm³/mol. The van der Waals surface area contributed by atoms with Gasteiger partial charge in [-0.1, -0.05) is 72.4 Å². The topological polar surface area (TPSA) is 37.4 Å². The summed E-state index contributed by atoms with van der Waals surface area (Å²) in [6.45, 7) is 6.62. The number of benzene rings is 4. The summed E-state index contributed by atoms with van der Waals surface area (Å²) in [6, 6.07) is 39.7. The van der Waals surface area contributed by atoms with Gasteiger partial charge in [0.05, 0.1) is 11.8 Å². The first-order chi connectivity index (χ1) is 20.3. The number of para-hydroxylation sites is 1. The molecule has 42 heavy (non-hydrogen) atoms. The molecule has 5 nitrogen and oxygen atoms in total. The molecule has 1 aliphatic heterocycles. The number of hydrogen-bond acceptors (Lipinski definition) is 3. The third kappa shape index (κ3) is 6.22. The highest BCUT2D eigenvalue weighted by atomic mass is 16.5. The Labute approximate surface area is 247 Å².